The van der Waals surface area contributed by atoms with Crippen LogP contribution in [0.2, 0.25) is 0 Å². The van der Waals surface area contributed by atoms with E-state index in [9.17, 15) is 0 Å². The van der Waals surface area contributed by atoms with E-state index in [1.165, 1.54) is 4.90 Å². The van der Waals surface area contributed by atoms with Gasteiger partial charge in [-0.15, -0.1) is 0 Å². The minimum Gasteiger partial charge on any atom is -0.397 e. The predicted molar refractivity (Wildman–Crippen MR) is 80.0 cm³/mol. The van der Waals surface area contributed by atoms with Crippen molar-refractivity contribution in [3.05, 3.63) is 36.7 Å². The predicted octanol–water partition coefficient (Wildman–Crippen LogP) is 3.71. The molecule has 0 atom stereocenters. The van der Waals surface area contributed by atoms with Crippen LogP contribution in [0.5, 0.6) is 0 Å². The number of benzene rings is 1. The SMILES string of the molecule is CC.CCO.c1ccc2c(c1)Nc1nccnc1S2. The molecule has 1 aromatic heterocycles. The van der Waals surface area contributed by atoms with Gasteiger partial charge in [0.1, 0.15) is 5.03 Å². The topological polar surface area (TPSA) is 58.0 Å². The normalized spacial score (nSPS) is 10.5. The lowest BCUT2D eigenvalue weighted by atomic mass is 10.3. The molecular formula is C14H19N3OS. The molecule has 3 rings (SSSR count). The van der Waals surface area contributed by atoms with Crippen molar-refractivity contribution < 1.29 is 5.11 Å². The van der Waals surface area contributed by atoms with E-state index in [1.54, 1.807) is 31.1 Å². The molecule has 0 amide bonds. The second-order valence-corrected chi connectivity index (χ2v) is 4.28. The van der Waals surface area contributed by atoms with Crippen LogP contribution < -0.4 is 5.32 Å². The smallest absolute Gasteiger partial charge is 0.163 e. The summed E-state index contributed by atoms with van der Waals surface area (Å²) in [6.45, 7) is 5.93. The van der Waals surface area contributed by atoms with Gasteiger partial charge >= 0.3 is 0 Å². The summed E-state index contributed by atoms with van der Waals surface area (Å²) in [5, 5.41) is 11.8. The van der Waals surface area contributed by atoms with Crippen LogP contribution in [-0.2, 0) is 0 Å². The Labute approximate surface area is 118 Å². The van der Waals surface area contributed by atoms with Crippen molar-refractivity contribution in [2.75, 3.05) is 11.9 Å². The maximum atomic E-state index is 7.57. The number of hydrogen-bond acceptors (Lipinski definition) is 5. The summed E-state index contributed by atoms with van der Waals surface area (Å²) in [6, 6.07) is 8.15. The lowest BCUT2D eigenvalue weighted by Gasteiger charge is -2.17. The second kappa shape index (κ2) is 8.50. The third kappa shape index (κ3) is 4.22. The minimum absolute atomic E-state index is 0.250. The van der Waals surface area contributed by atoms with Gasteiger partial charge in [-0.2, -0.15) is 0 Å². The summed E-state index contributed by atoms with van der Waals surface area (Å²) < 4.78 is 0. The quantitative estimate of drug-likeness (QED) is 0.656. The van der Waals surface area contributed by atoms with Gasteiger partial charge in [0.2, 0.25) is 0 Å². The average molecular weight is 277 g/mol. The van der Waals surface area contributed by atoms with Crippen LogP contribution in [0.3, 0.4) is 0 Å². The van der Waals surface area contributed by atoms with Crippen molar-refractivity contribution in [3.8, 4) is 0 Å². The highest BCUT2D eigenvalue weighted by Crippen LogP contribution is 2.41. The monoisotopic (exact) mass is 277 g/mol. The molecule has 0 fully saturated rings. The molecule has 0 saturated carbocycles. The maximum Gasteiger partial charge on any atom is 0.163 e. The van der Waals surface area contributed by atoms with Crippen LogP contribution in [0.4, 0.5) is 11.5 Å². The van der Waals surface area contributed by atoms with Crippen molar-refractivity contribution in [2.45, 2.75) is 30.7 Å². The Morgan fingerprint density at radius 2 is 1.79 bits per heavy atom. The summed E-state index contributed by atoms with van der Waals surface area (Å²) in [6.07, 6.45) is 3.40. The van der Waals surface area contributed by atoms with E-state index in [2.05, 4.69) is 21.4 Å². The van der Waals surface area contributed by atoms with Gasteiger partial charge in [-0.05, 0) is 19.1 Å². The lowest BCUT2D eigenvalue weighted by Crippen LogP contribution is -2.02. The summed E-state index contributed by atoms with van der Waals surface area (Å²) in [5.74, 6) is 0.844. The summed E-state index contributed by atoms with van der Waals surface area (Å²) in [4.78, 5) is 9.67. The number of fused-ring (bicyclic) bond motifs is 2. The molecule has 5 heteroatoms. The van der Waals surface area contributed by atoms with Gasteiger partial charge in [-0.1, -0.05) is 37.7 Å². The van der Waals surface area contributed by atoms with E-state index in [0.29, 0.717) is 0 Å². The molecule has 1 aliphatic heterocycles. The zero-order chi connectivity index (χ0) is 14.1. The van der Waals surface area contributed by atoms with Gasteiger partial charge in [-0.3, -0.25) is 0 Å². The molecule has 0 spiro atoms. The van der Waals surface area contributed by atoms with E-state index < -0.39 is 0 Å². The Balaban J connectivity index is 0.000000321. The Morgan fingerprint density at radius 3 is 2.53 bits per heavy atom. The minimum atomic E-state index is 0.250. The number of hydrogen-bond donors (Lipinski definition) is 2. The average Bonchev–Trinajstić information content (AvgIpc) is 2.48. The fourth-order valence-corrected chi connectivity index (χ4v) is 2.27. The lowest BCUT2D eigenvalue weighted by molar-refractivity contribution is 0.318. The first-order chi connectivity index (χ1) is 9.35. The van der Waals surface area contributed by atoms with Gasteiger partial charge < -0.3 is 10.4 Å². The molecule has 4 nitrogen and oxygen atoms in total. The zero-order valence-corrected chi connectivity index (χ0v) is 12.2. The molecule has 0 aliphatic carbocycles. The summed E-state index contributed by atoms with van der Waals surface area (Å²) in [7, 11) is 0. The molecule has 2 aromatic rings. The molecule has 0 saturated heterocycles. The summed E-state index contributed by atoms with van der Waals surface area (Å²) >= 11 is 1.65. The fraction of sp³-hybridized carbons (Fsp3) is 0.286. The van der Waals surface area contributed by atoms with Crippen molar-refractivity contribution >= 4 is 23.3 Å². The zero-order valence-electron chi connectivity index (χ0n) is 11.4. The van der Waals surface area contributed by atoms with E-state index >= 15 is 0 Å². The van der Waals surface area contributed by atoms with Gasteiger partial charge in [0.15, 0.2) is 5.82 Å². The first-order valence-corrected chi connectivity index (χ1v) is 7.12. The maximum absolute atomic E-state index is 7.57. The van der Waals surface area contributed by atoms with Crippen LogP contribution in [0, 0.1) is 0 Å². The Kier molecular flexibility index (Phi) is 6.92. The second-order valence-electron chi connectivity index (χ2n) is 3.25. The Morgan fingerprint density at radius 1 is 1.16 bits per heavy atom. The molecule has 0 unspecified atom stereocenters. The third-order valence-electron chi connectivity index (χ3n) is 2.01. The van der Waals surface area contributed by atoms with Gasteiger partial charge in [-0.25, -0.2) is 9.97 Å². The largest absolute Gasteiger partial charge is 0.397 e. The standard InChI is InChI=1S/C10H7N3S.C2H6O.C2H6/c1-2-4-8-7(3-1)13-9-10(14-8)12-6-5-11-9;1-2-3;1-2/h1-6H,(H,11,13);3H,2H2,1H3;1-2H3. The van der Waals surface area contributed by atoms with Crippen molar-refractivity contribution in [1.82, 2.24) is 9.97 Å². The molecule has 102 valence electrons. The first kappa shape index (κ1) is 15.5. The molecule has 1 aromatic carbocycles. The number of nitrogens with one attached hydrogen (secondary N) is 1. The highest BCUT2D eigenvalue weighted by atomic mass is 32.2. The van der Waals surface area contributed by atoms with Gasteiger partial charge in [0.25, 0.3) is 0 Å². The number of anilines is 2. The third-order valence-corrected chi connectivity index (χ3v) is 3.08. The summed E-state index contributed by atoms with van der Waals surface area (Å²) in [5.41, 5.74) is 1.10. The van der Waals surface area contributed by atoms with Crippen molar-refractivity contribution in [1.29, 1.82) is 0 Å². The Hall–Kier alpha value is -1.59. The van der Waals surface area contributed by atoms with Gasteiger partial charge in [0.05, 0.1) is 5.69 Å². The number of nitrogens with zero attached hydrogens (tertiary/aromatic N) is 2. The van der Waals surface area contributed by atoms with Crippen LogP contribution in [0.15, 0.2) is 46.6 Å². The molecule has 1 aliphatic rings. The van der Waals surface area contributed by atoms with Crippen LogP contribution in [-0.4, -0.2) is 21.7 Å². The molecular weight excluding hydrogens is 258 g/mol. The van der Waals surface area contributed by atoms with E-state index in [-0.39, 0.29) is 6.61 Å². The van der Waals surface area contributed by atoms with E-state index in [0.717, 1.165) is 16.5 Å². The number of aliphatic hydroxyl groups excluding tert-OH is 1. The number of para-hydroxylation sites is 1. The van der Waals surface area contributed by atoms with Crippen molar-refractivity contribution in [3.63, 3.8) is 0 Å². The van der Waals surface area contributed by atoms with Crippen LogP contribution in [0.25, 0.3) is 0 Å². The molecule has 2 heterocycles. The highest BCUT2D eigenvalue weighted by molar-refractivity contribution is 7.99. The molecule has 19 heavy (non-hydrogen) atoms. The molecule has 0 bridgehead atoms. The van der Waals surface area contributed by atoms with Crippen molar-refractivity contribution in [2.24, 2.45) is 0 Å². The number of aliphatic hydroxyl groups is 1. The van der Waals surface area contributed by atoms with E-state index in [1.807, 2.05) is 32.0 Å². The number of rotatable bonds is 0. The fourth-order valence-electron chi connectivity index (χ4n) is 1.38. The first-order valence-electron chi connectivity index (χ1n) is 6.31. The highest BCUT2D eigenvalue weighted by Gasteiger charge is 2.15. The number of aromatic nitrogens is 2. The molecule has 0 radical (unpaired) electrons. The van der Waals surface area contributed by atoms with Gasteiger partial charge in [0, 0.05) is 23.9 Å². The van der Waals surface area contributed by atoms with Crippen LogP contribution in [0.1, 0.15) is 20.8 Å². The van der Waals surface area contributed by atoms with Crippen LogP contribution >= 0.6 is 11.8 Å². The van der Waals surface area contributed by atoms with E-state index in [4.69, 9.17) is 5.11 Å². The Bertz CT molecular complexity index is 418. The molecule has 2 N–H and O–H groups in total.